The summed E-state index contributed by atoms with van der Waals surface area (Å²) in [6, 6.07) is 3.63. The van der Waals surface area contributed by atoms with Gasteiger partial charge in [0, 0.05) is 31.6 Å². The van der Waals surface area contributed by atoms with Crippen LogP contribution in [0.3, 0.4) is 0 Å². The Kier molecular flexibility index (Phi) is 5.87. The van der Waals surface area contributed by atoms with Gasteiger partial charge in [0.05, 0.1) is 12.8 Å². The van der Waals surface area contributed by atoms with Crippen LogP contribution in [0.2, 0.25) is 0 Å². The van der Waals surface area contributed by atoms with Gasteiger partial charge < -0.3 is 18.7 Å². The van der Waals surface area contributed by atoms with Gasteiger partial charge in [0.2, 0.25) is 11.8 Å². The molecule has 0 spiro atoms. The Morgan fingerprint density at radius 3 is 2.77 bits per heavy atom. The minimum atomic E-state index is -0.997. The summed E-state index contributed by atoms with van der Waals surface area (Å²) in [5.74, 6) is 5.41. The molecule has 0 amide bonds. The lowest BCUT2D eigenvalue weighted by atomic mass is 9.90. The van der Waals surface area contributed by atoms with Crippen molar-refractivity contribution in [3.05, 3.63) is 24.2 Å². The van der Waals surface area contributed by atoms with Crippen molar-refractivity contribution < 1.29 is 13.8 Å². The summed E-state index contributed by atoms with van der Waals surface area (Å²) in [6.07, 6.45) is 11.7. The number of pyridine rings is 1. The van der Waals surface area contributed by atoms with Gasteiger partial charge in [-0.3, -0.25) is 0 Å². The van der Waals surface area contributed by atoms with E-state index in [1.54, 1.807) is 12.5 Å². The fourth-order valence-electron chi connectivity index (χ4n) is 4.67. The Morgan fingerprint density at radius 1 is 1.23 bits per heavy atom. The van der Waals surface area contributed by atoms with E-state index in [4.69, 9.17) is 9.26 Å². The van der Waals surface area contributed by atoms with Crippen LogP contribution in [0, 0.1) is 23.7 Å². The lowest BCUT2D eigenvalue weighted by Gasteiger charge is -2.31. The van der Waals surface area contributed by atoms with Gasteiger partial charge >= 0.3 is 0 Å². The van der Waals surface area contributed by atoms with Crippen molar-refractivity contribution >= 4 is 17.1 Å². The molecule has 3 fully saturated rings. The third-order valence-electron chi connectivity index (χ3n) is 6.80. The molecule has 2 saturated carbocycles. The maximum Gasteiger partial charge on any atom is 0.266 e. The summed E-state index contributed by atoms with van der Waals surface area (Å²) in [7, 11) is 0. The number of rotatable bonds is 9. The van der Waals surface area contributed by atoms with Crippen LogP contribution in [0.5, 0.6) is 5.88 Å². The molecule has 2 aromatic heterocycles. The summed E-state index contributed by atoms with van der Waals surface area (Å²) < 4.78 is 22.6. The molecule has 8 heteroatoms. The molecule has 0 N–H and O–H groups in total. The lowest BCUT2D eigenvalue weighted by molar-refractivity contribution is 0.275. The maximum atomic E-state index is 11.4. The molecule has 2 aromatic rings. The fourth-order valence-corrected chi connectivity index (χ4v) is 5.13. The van der Waals surface area contributed by atoms with Crippen LogP contribution in [-0.2, 0) is 17.6 Å². The maximum absolute atomic E-state index is 11.4. The first-order valence-corrected chi connectivity index (χ1v) is 12.7. The van der Waals surface area contributed by atoms with Crippen LogP contribution in [0.1, 0.15) is 44.4 Å². The Bertz CT molecular complexity index is 831. The minimum absolute atomic E-state index is 0.621. The zero-order chi connectivity index (χ0) is 20.5. The predicted octanol–water partition coefficient (Wildman–Crippen LogP) is 3.48. The average molecular weight is 431 g/mol. The monoisotopic (exact) mass is 430 g/mol. The number of hydrogen-bond acceptors (Lipinski definition) is 7. The highest BCUT2D eigenvalue weighted by atomic mass is 32.2. The molecule has 7 nitrogen and oxygen atoms in total. The highest BCUT2D eigenvalue weighted by Crippen LogP contribution is 2.49. The third kappa shape index (κ3) is 4.91. The van der Waals surface area contributed by atoms with Gasteiger partial charge in [-0.15, -0.1) is 0 Å². The van der Waals surface area contributed by atoms with Crippen molar-refractivity contribution in [3.8, 4) is 5.88 Å². The van der Waals surface area contributed by atoms with Crippen LogP contribution < -0.4 is 9.64 Å². The molecule has 162 valence electrons. The van der Waals surface area contributed by atoms with E-state index in [0.717, 1.165) is 66.3 Å². The summed E-state index contributed by atoms with van der Waals surface area (Å²) in [6.45, 7) is 2.76. The van der Waals surface area contributed by atoms with E-state index in [9.17, 15) is 4.55 Å². The van der Waals surface area contributed by atoms with E-state index in [1.165, 1.54) is 32.1 Å². The second-order valence-corrected chi connectivity index (χ2v) is 10.4. The van der Waals surface area contributed by atoms with E-state index in [1.807, 2.05) is 12.1 Å². The molecule has 30 heavy (non-hydrogen) atoms. The topological polar surface area (TPSA) is 87.3 Å². The van der Waals surface area contributed by atoms with Gasteiger partial charge in [-0.25, -0.2) is 4.98 Å². The largest absolute Gasteiger partial charge is 0.612 e. The number of nitrogens with zero attached hydrogens (tertiary/aromatic N) is 4. The van der Waals surface area contributed by atoms with Crippen molar-refractivity contribution in [1.29, 1.82) is 0 Å². The van der Waals surface area contributed by atoms with Crippen LogP contribution >= 0.6 is 0 Å². The minimum Gasteiger partial charge on any atom is -0.612 e. The molecule has 1 aliphatic heterocycles. The smallest absolute Gasteiger partial charge is 0.266 e. The molecule has 1 unspecified atom stereocenters. The van der Waals surface area contributed by atoms with Crippen LogP contribution in [-0.4, -0.2) is 45.6 Å². The number of ether oxygens (including phenoxy) is 1. The summed E-state index contributed by atoms with van der Waals surface area (Å²) in [5.41, 5.74) is 0. The van der Waals surface area contributed by atoms with E-state index in [2.05, 4.69) is 20.0 Å². The zero-order valence-electron chi connectivity index (χ0n) is 17.5. The molecule has 1 saturated heterocycles. The summed E-state index contributed by atoms with van der Waals surface area (Å²) in [5, 5.41) is 4.21. The van der Waals surface area contributed by atoms with Gasteiger partial charge in [-0.05, 0) is 78.5 Å². The molecule has 3 atom stereocenters. The Balaban J connectivity index is 1.01. The van der Waals surface area contributed by atoms with Crippen molar-refractivity contribution in [2.24, 2.45) is 23.7 Å². The van der Waals surface area contributed by atoms with Gasteiger partial charge in [0.25, 0.3) is 5.95 Å². The lowest BCUT2D eigenvalue weighted by Crippen LogP contribution is -2.35. The number of piperidine rings is 1. The Hall–Kier alpha value is -1.80. The van der Waals surface area contributed by atoms with E-state index in [-0.39, 0.29) is 0 Å². The first-order chi connectivity index (χ1) is 14.7. The molecule has 3 heterocycles. The molecule has 5 rings (SSSR count). The molecule has 2 aliphatic carbocycles. The van der Waals surface area contributed by atoms with Crippen LogP contribution in [0.4, 0.5) is 5.95 Å². The second kappa shape index (κ2) is 8.75. The van der Waals surface area contributed by atoms with Crippen molar-refractivity contribution in [2.75, 3.05) is 30.9 Å². The molecular formula is C22H30N4O3S. The highest BCUT2D eigenvalue weighted by molar-refractivity contribution is 7.90. The van der Waals surface area contributed by atoms with E-state index in [0.29, 0.717) is 12.5 Å². The molecule has 0 radical (unpaired) electrons. The second-order valence-electron chi connectivity index (χ2n) is 9.04. The third-order valence-corrected chi connectivity index (χ3v) is 7.71. The van der Waals surface area contributed by atoms with Crippen molar-refractivity contribution in [2.45, 2.75) is 49.8 Å². The first-order valence-electron chi connectivity index (χ1n) is 11.2. The SMILES string of the molecule is C[S+]([O-])c1ccc(OCC[C@@H]2C[C@@H]2C2CCN(c3noc(CC4CC4)n3)CC2)nc1. The Morgan fingerprint density at radius 2 is 2.07 bits per heavy atom. The normalized spacial score (nSPS) is 25.3. The highest BCUT2D eigenvalue weighted by Gasteiger charge is 2.43. The van der Waals surface area contributed by atoms with E-state index >= 15 is 0 Å². The average Bonchev–Trinajstić information content (AvgIpc) is 3.67. The van der Waals surface area contributed by atoms with Gasteiger partial charge in [0.15, 0.2) is 4.90 Å². The standard InChI is InChI=1S/C22H30N4O3S/c1-30(27)18-4-5-20(23-14-18)28-11-8-17-13-19(17)16-6-9-26(10-7-16)22-24-21(29-25-22)12-15-2-3-15/h4-5,14-17,19H,2-3,6-13H2,1H3/t17-,19-,30?/m1/s1. The summed E-state index contributed by atoms with van der Waals surface area (Å²) >= 11 is -0.997. The van der Waals surface area contributed by atoms with Crippen molar-refractivity contribution in [3.63, 3.8) is 0 Å². The van der Waals surface area contributed by atoms with Crippen LogP contribution in [0.15, 0.2) is 27.7 Å². The number of anilines is 1. The molecular weight excluding hydrogens is 400 g/mol. The first kappa shape index (κ1) is 20.1. The number of aromatic nitrogens is 3. The van der Waals surface area contributed by atoms with Gasteiger partial charge in [0.1, 0.15) is 6.26 Å². The fraction of sp³-hybridized carbons (Fsp3) is 0.682. The molecule has 0 aromatic carbocycles. The van der Waals surface area contributed by atoms with Gasteiger partial charge in [-0.2, -0.15) is 4.98 Å². The Labute approximate surface area is 180 Å². The quantitative estimate of drug-likeness (QED) is 0.563. The van der Waals surface area contributed by atoms with E-state index < -0.39 is 11.2 Å². The molecule has 3 aliphatic rings. The van der Waals surface area contributed by atoms with Crippen LogP contribution in [0.25, 0.3) is 0 Å². The van der Waals surface area contributed by atoms with Crippen molar-refractivity contribution in [1.82, 2.24) is 15.1 Å². The summed E-state index contributed by atoms with van der Waals surface area (Å²) in [4.78, 5) is 11.9. The van der Waals surface area contributed by atoms with Gasteiger partial charge in [-0.1, -0.05) is 0 Å². The number of hydrogen-bond donors (Lipinski definition) is 0. The molecule has 0 bridgehead atoms. The predicted molar refractivity (Wildman–Crippen MR) is 114 cm³/mol. The zero-order valence-corrected chi connectivity index (χ0v) is 18.4.